The zero-order valence-corrected chi connectivity index (χ0v) is 23.1. The lowest BCUT2D eigenvalue weighted by Gasteiger charge is -2.33. The highest BCUT2D eigenvalue weighted by Gasteiger charge is 2.29. The average molecular weight is 516 g/mol. The SMILES string of the molecule is CCCn1nc(C)c(C)c1-c1c(Cl)ccc2c1c(C)c(C(=O)OC)n2CCCOC1(C)CCCCO1. The van der Waals surface area contributed by atoms with Crippen molar-refractivity contribution in [1.82, 2.24) is 14.3 Å². The van der Waals surface area contributed by atoms with Crippen molar-refractivity contribution in [3.05, 3.63) is 39.7 Å². The second-order valence-electron chi connectivity index (χ2n) is 9.86. The van der Waals surface area contributed by atoms with Gasteiger partial charge in [-0.15, -0.1) is 0 Å². The Morgan fingerprint density at radius 2 is 1.97 bits per heavy atom. The van der Waals surface area contributed by atoms with E-state index in [0.717, 1.165) is 84.2 Å². The topological polar surface area (TPSA) is 67.5 Å². The van der Waals surface area contributed by atoms with E-state index in [1.165, 1.54) is 7.11 Å². The summed E-state index contributed by atoms with van der Waals surface area (Å²) >= 11 is 6.87. The van der Waals surface area contributed by atoms with Crippen LogP contribution in [0.15, 0.2) is 12.1 Å². The van der Waals surface area contributed by atoms with Gasteiger partial charge >= 0.3 is 5.97 Å². The molecule has 1 aliphatic rings. The van der Waals surface area contributed by atoms with Gasteiger partial charge in [-0.05, 0) is 76.6 Å². The third-order valence-corrected chi connectivity index (χ3v) is 7.58. The lowest BCUT2D eigenvalue weighted by Crippen LogP contribution is -2.36. The third-order valence-electron chi connectivity index (χ3n) is 7.27. The second-order valence-corrected chi connectivity index (χ2v) is 10.3. The summed E-state index contributed by atoms with van der Waals surface area (Å²) in [6, 6.07) is 3.91. The highest BCUT2D eigenvalue weighted by Crippen LogP contribution is 2.41. The highest BCUT2D eigenvalue weighted by atomic mass is 35.5. The van der Waals surface area contributed by atoms with E-state index in [-0.39, 0.29) is 5.97 Å². The maximum atomic E-state index is 13.0. The Morgan fingerprint density at radius 3 is 2.64 bits per heavy atom. The first kappa shape index (κ1) is 26.7. The number of ether oxygens (including phenoxy) is 3. The minimum Gasteiger partial charge on any atom is -0.464 e. The van der Waals surface area contributed by atoms with E-state index in [4.69, 9.17) is 30.9 Å². The Balaban J connectivity index is 1.77. The number of fused-ring (bicyclic) bond motifs is 1. The molecule has 1 fully saturated rings. The molecule has 3 aromatic rings. The molecule has 196 valence electrons. The molecule has 3 heterocycles. The number of rotatable bonds is 9. The molecule has 1 aromatic carbocycles. The molecule has 8 heteroatoms. The number of nitrogens with zero attached hydrogens (tertiary/aromatic N) is 3. The molecule has 0 bridgehead atoms. The number of halogens is 1. The lowest BCUT2D eigenvalue weighted by atomic mass is 9.99. The van der Waals surface area contributed by atoms with Crippen LogP contribution in [0.25, 0.3) is 22.2 Å². The van der Waals surface area contributed by atoms with Crippen LogP contribution in [0.3, 0.4) is 0 Å². The molecule has 1 saturated heterocycles. The van der Waals surface area contributed by atoms with Gasteiger partial charge in [0.2, 0.25) is 0 Å². The molecule has 0 N–H and O–H groups in total. The molecule has 1 aliphatic heterocycles. The van der Waals surface area contributed by atoms with E-state index in [0.29, 0.717) is 23.9 Å². The van der Waals surface area contributed by atoms with Crippen molar-refractivity contribution < 1.29 is 19.0 Å². The molecule has 7 nitrogen and oxygen atoms in total. The van der Waals surface area contributed by atoms with E-state index < -0.39 is 5.79 Å². The predicted molar refractivity (Wildman–Crippen MR) is 143 cm³/mol. The van der Waals surface area contributed by atoms with Crippen LogP contribution in [-0.4, -0.2) is 46.4 Å². The summed E-state index contributed by atoms with van der Waals surface area (Å²) in [6.45, 7) is 12.9. The summed E-state index contributed by atoms with van der Waals surface area (Å²) in [5.74, 6) is -0.879. The molecule has 2 aromatic heterocycles. The standard InChI is InChI=1S/C28H38ClN3O4/c1-7-14-32-25(18(2)20(4)30-32)24-21(29)11-12-22-23(24)19(3)26(27(33)34-6)31(22)15-10-17-36-28(5)13-8-9-16-35-28/h11-12H,7-10,13-17H2,1-6H3. The third kappa shape index (κ3) is 4.93. The monoisotopic (exact) mass is 515 g/mol. The number of aromatic nitrogens is 3. The number of benzene rings is 1. The van der Waals surface area contributed by atoms with Gasteiger partial charge < -0.3 is 18.8 Å². The van der Waals surface area contributed by atoms with E-state index in [9.17, 15) is 4.79 Å². The number of hydrogen-bond acceptors (Lipinski definition) is 5. The van der Waals surface area contributed by atoms with E-state index in [1.54, 1.807) is 0 Å². The summed E-state index contributed by atoms with van der Waals surface area (Å²) in [5, 5.41) is 6.39. The molecule has 0 radical (unpaired) electrons. The van der Waals surface area contributed by atoms with Crippen LogP contribution in [0.1, 0.15) is 73.3 Å². The van der Waals surface area contributed by atoms with Crippen LogP contribution >= 0.6 is 11.6 Å². The first-order valence-electron chi connectivity index (χ1n) is 12.9. The summed E-state index contributed by atoms with van der Waals surface area (Å²) in [5.41, 5.74) is 6.36. The first-order valence-corrected chi connectivity index (χ1v) is 13.3. The summed E-state index contributed by atoms with van der Waals surface area (Å²) in [4.78, 5) is 13.0. The fourth-order valence-corrected chi connectivity index (χ4v) is 5.58. The predicted octanol–water partition coefficient (Wildman–Crippen LogP) is 6.60. The molecule has 4 rings (SSSR count). The molecule has 36 heavy (non-hydrogen) atoms. The van der Waals surface area contributed by atoms with Crippen LogP contribution < -0.4 is 0 Å². The van der Waals surface area contributed by atoms with Crippen LogP contribution in [0.4, 0.5) is 0 Å². The van der Waals surface area contributed by atoms with E-state index in [2.05, 4.69) is 13.8 Å². The minimum atomic E-state index is -0.522. The minimum absolute atomic E-state index is 0.357. The van der Waals surface area contributed by atoms with Gasteiger partial charge in [0.15, 0.2) is 5.79 Å². The van der Waals surface area contributed by atoms with Crippen molar-refractivity contribution in [3.63, 3.8) is 0 Å². The number of methoxy groups -OCH3 is 1. The van der Waals surface area contributed by atoms with Gasteiger partial charge in [-0.1, -0.05) is 18.5 Å². The second kappa shape index (κ2) is 11.0. The van der Waals surface area contributed by atoms with Crippen molar-refractivity contribution >= 4 is 28.5 Å². The van der Waals surface area contributed by atoms with Crippen LogP contribution in [0, 0.1) is 20.8 Å². The number of esters is 1. The Kier molecular flexibility index (Phi) is 8.12. The van der Waals surface area contributed by atoms with Gasteiger partial charge in [0.1, 0.15) is 5.69 Å². The maximum Gasteiger partial charge on any atom is 0.354 e. The Hall–Kier alpha value is -2.35. The van der Waals surface area contributed by atoms with Crippen molar-refractivity contribution in [2.24, 2.45) is 0 Å². The molecule has 0 saturated carbocycles. The van der Waals surface area contributed by atoms with Crippen molar-refractivity contribution in [2.45, 2.75) is 85.6 Å². The number of hydrogen-bond donors (Lipinski definition) is 0. The van der Waals surface area contributed by atoms with Gasteiger partial charge in [-0.3, -0.25) is 4.68 Å². The first-order chi connectivity index (χ1) is 17.2. The highest BCUT2D eigenvalue weighted by molar-refractivity contribution is 6.35. The molecule has 0 amide bonds. The van der Waals surface area contributed by atoms with Crippen molar-refractivity contribution in [1.29, 1.82) is 0 Å². The van der Waals surface area contributed by atoms with Gasteiger partial charge in [0.05, 0.1) is 36.7 Å². The number of aryl methyl sites for hydroxylation is 4. The van der Waals surface area contributed by atoms with Crippen molar-refractivity contribution in [2.75, 3.05) is 20.3 Å². The largest absolute Gasteiger partial charge is 0.464 e. The van der Waals surface area contributed by atoms with Gasteiger partial charge in [-0.2, -0.15) is 5.10 Å². The Morgan fingerprint density at radius 1 is 1.19 bits per heavy atom. The van der Waals surface area contributed by atoms with Gasteiger partial charge in [0, 0.05) is 36.0 Å². The zero-order chi connectivity index (χ0) is 26.0. The molecule has 0 aliphatic carbocycles. The lowest BCUT2D eigenvalue weighted by molar-refractivity contribution is -0.244. The zero-order valence-electron chi connectivity index (χ0n) is 22.4. The average Bonchev–Trinajstić information content (AvgIpc) is 3.29. The summed E-state index contributed by atoms with van der Waals surface area (Å²) < 4.78 is 21.3. The van der Waals surface area contributed by atoms with E-state index in [1.807, 2.05) is 42.2 Å². The Bertz CT molecular complexity index is 1250. The number of carbonyl (C=O) groups excluding carboxylic acids is 1. The normalized spacial score (nSPS) is 18.2. The fraction of sp³-hybridized carbons (Fsp3) is 0.571. The summed E-state index contributed by atoms with van der Waals surface area (Å²) in [6.07, 6.45) is 4.78. The molecule has 0 spiro atoms. The fourth-order valence-electron chi connectivity index (χ4n) is 5.33. The molecule has 1 unspecified atom stereocenters. The van der Waals surface area contributed by atoms with Gasteiger partial charge in [0.25, 0.3) is 0 Å². The maximum absolute atomic E-state index is 13.0. The van der Waals surface area contributed by atoms with Crippen LogP contribution in [0.2, 0.25) is 5.02 Å². The van der Waals surface area contributed by atoms with Gasteiger partial charge in [-0.25, -0.2) is 4.79 Å². The Labute approximate surface area is 218 Å². The summed E-state index contributed by atoms with van der Waals surface area (Å²) in [7, 11) is 1.42. The smallest absolute Gasteiger partial charge is 0.354 e. The number of carbonyl (C=O) groups is 1. The molecule has 1 atom stereocenters. The quantitative estimate of drug-likeness (QED) is 0.237. The molecular weight excluding hydrogens is 478 g/mol. The van der Waals surface area contributed by atoms with Crippen LogP contribution in [0.5, 0.6) is 0 Å². The van der Waals surface area contributed by atoms with Crippen molar-refractivity contribution in [3.8, 4) is 11.3 Å². The van der Waals surface area contributed by atoms with Crippen LogP contribution in [-0.2, 0) is 27.3 Å². The molecular formula is C28H38ClN3O4. The van der Waals surface area contributed by atoms with E-state index >= 15 is 0 Å².